The first kappa shape index (κ1) is 12.6. The molecule has 1 aromatic rings. The largest absolute Gasteiger partial charge is 0.477 e. The summed E-state index contributed by atoms with van der Waals surface area (Å²) in [5.41, 5.74) is 0.931. The molecule has 0 saturated heterocycles. The monoisotopic (exact) mass is 222 g/mol. The molecular formula is C12H18N2O2. The van der Waals surface area contributed by atoms with Crippen molar-refractivity contribution < 1.29 is 9.90 Å². The van der Waals surface area contributed by atoms with Gasteiger partial charge in [-0.05, 0) is 31.6 Å². The summed E-state index contributed by atoms with van der Waals surface area (Å²) in [6, 6.07) is 5.12. The Bertz CT molecular complexity index is 353. The third-order valence-corrected chi connectivity index (χ3v) is 2.40. The smallest absolute Gasteiger partial charge is 0.354 e. The zero-order chi connectivity index (χ0) is 12.0. The van der Waals surface area contributed by atoms with Crippen LogP contribution in [0.15, 0.2) is 18.2 Å². The van der Waals surface area contributed by atoms with Gasteiger partial charge in [0.1, 0.15) is 5.69 Å². The number of aromatic nitrogens is 1. The number of carboxylic acids is 1. The zero-order valence-corrected chi connectivity index (χ0v) is 9.81. The van der Waals surface area contributed by atoms with Crippen LogP contribution in [0.2, 0.25) is 0 Å². The van der Waals surface area contributed by atoms with E-state index in [1.165, 1.54) is 6.07 Å². The molecule has 1 heterocycles. The van der Waals surface area contributed by atoms with E-state index in [1.54, 1.807) is 6.07 Å². The van der Waals surface area contributed by atoms with Gasteiger partial charge in [-0.2, -0.15) is 0 Å². The van der Waals surface area contributed by atoms with Crippen molar-refractivity contribution in [1.82, 2.24) is 9.88 Å². The van der Waals surface area contributed by atoms with Gasteiger partial charge in [0.05, 0.1) is 5.69 Å². The fourth-order valence-electron chi connectivity index (χ4n) is 1.58. The van der Waals surface area contributed by atoms with Crippen molar-refractivity contribution in [2.24, 2.45) is 0 Å². The molecule has 0 aliphatic rings. The normalized spacial score (nSPS) is 10.7. The third kappa shape index (κ3) is 3.62. The minimum Gasteiger partial charge on any atom is -0.477 e. The van der Waals surface area contributed by atoms with Crippen LogP contribution in [0, 0.1) is 0 Å². The zero-order valence-electron chi connectivity index (χ0n) is 9.81. The molecule has 0 amide bonds. The lowest BCUT2D eigenvalue weighted by Gasteiger charge is -2.18. The molecule has 0 aliphatic carbocycles. The molecule has 0 fully saturated rings. The summed E-state index contributed by atoms with van der Waals surface area (Å²) in [6.07, 6.45) is 1.09. The van der Waals surface area contributed by atoms with Crippen LogP contribution in [-0.4, -0.2) is 34.0 Å². The first-order valence-electron chi connectivity index (χ1n) is 5.59. The van der Waals surface area contributed by atoms with E-state index in [1.807, 2.05) is 6.07 Å². The van der Waals surface area contributed by atoms with Crippen molar-refractivity contribution >= 4 is 5.97 Å². The van der Waals surface area contributed by atoms with Crippen molar-refractivity contribution in [3.05, 3.63) is 29.6 Å². The maximum absolute atomic E-state index is 10.8. The Morgan fingerprint density at radius 1 is 1.44 bits per heavy atom. The summed E-state index contributed by atoms with van der Waals surface area (Å²) < 4.78 is 0. The van der Waals surface area contributed by atoms with Crippen LogP contribution in [-0.2, 0) is 6.54 Å². The molecule has 0 unspecified atom stereocenters. The van der Waals surface area contributed by atoms with Crippen LogP contribution in [0.3, 0.4) is 0 Å². The molecule has 0 radical (unpaired) electrons. The van der Waals surface area contributed by atoms with E-state index in [0.29, 0.717) is 6.54 Å². The number of carbonyl (C=O) groups is 1. The van der Waals surface area contributed by atoms with Crippen LogP contribution in [0.5, 0.6) is 0 Å². The number of nitrogens with zero attached hydrogens (tertiary/aromatic N) is 2. The molecule has 4 heteroatoms. The molecule has 0 spiro atoms. The van der Waals surface area contributed by atoms with E-state index in [2.05, 4.69) is 23.7 Å². The Balaban J connectivity index is 2.72. The van der Waals surface area contributed by atoms with Gasteiger partial charge >= 0.3 is 5.97 Å². The Morgan fingerprint density at radius 2 is 2.19 bits per heavy atom. The van der Waals surface area contributed by atoms with Gasteiger partial charge in [0.2, 0.25) is 0 Å². The SMILES string of the molecule is CCCN(CC)Cc1cccc(C(=O)O)n1. The molecule has 0 atom stereocenters. The lowest BCUT2D eigenvalue weighted by Crippen LogP contribution is -2.24. The molecule has 0 aromatic carbocycles. The fraction of sp³-hybridized carbons (Fsp3) is 0.500. The minimum absolute atomic E-state index is 0.116. The number of hydrogen-bond acceptors (Lipinski definition) is 3. The highest BCUT2D eigenvalue weighted by atomic mass is 16.4. The average Bonchev–Trinajstić information content (AvgIpc) is 2.29. The van der Waals surface area contributed by atoms with Gasteiger partial charge in [-0.25, -0.2) is 9.78 Å². The minimum atomic E-state index is -0.972. The Morgan fingerprint density at radius 3 is 2.75 bits per heavy atom. The van der Waals surface area contributed by atoms with Crippen molar-refractivity contribution in [2.75, 3.05) is 13.1 Å². The molecule has 88 valence electrons. The van der Waals surface area contributed by atoms with Gasteiger partial charge in [0, 0.05) is 6.54 Å². The predicted molar refractivity (Wildman–Crippen MR) is 62.4 cm³/mol. The molecule has 1 rings (SSSR count). The Kier molecular flexibility index (Phi) is 4.92. The van der Waals surface area contributed by atoms with Gasteiger partial charge in [0.15, 0.2) is 0 Å². The molecule has 1 aromatic heterocycles. The standard InChI is InChI=1S/C12H18N2O2/c1-3-8-14(4-2)9-10-6-5-7-11(13-10)12(15)16/h5-7H,3-4,8-9H2,1-2H3,(H,15,16). The molecular weight excluding hydrogens is 204 g/mol. The first-order valence-corrected chi connectivity index (χ1v) is 5.59. The van der Waals surface area contributed by atoms with E-state index in [-0.39, 0.29) is 5.69 Å². The molecule has 0 bridgehead atoms. The van der Waals surface area contributed by atoms with Gasteiger partial charge in [0.25, 0.3) is 0 Å². The number of hydrogen-bond donors (Lipinski definition) is 1. The summed E-state index contributed by atoms with van der Waals surface area (Å²) in [4.78, 5) is 17.1. The summed E-state index contributed by atoms with van der Waals surface area (Å²) >= 11 is 0. The van der Waals surface area contributed by atoms with E-state index >= 15 is 0 Å². The van der Waals surface area contributed by atoms with E-state index in [4.69, 9.17) is 5.11 Å². The fourth-order valence-corrected chi connectivity index (χ4v) is 1.58. The summed E-state index contributed by atoms with van der Waals surface area (Å²) in [7, 11) is 0. The van der Waals surface area contributed by atoms with Gasteiger partial charge in [-0.3, -0.25) is 4.90 Å². The van der Waals surface area contributed by atoms with Crippen molar-refractivity contribution in [3.63, 3.8) is 0 Å². The number of rotatable bonds is 6. The second kappa shape index (κ2) is 6.23. The number of aromatic carboxylic acids is 1. The lowest BCUT2D eigenvalue weighted by molar-refractivity contribution is 0.0690. The van der Waals surface area contributed by atoms with E-state index in [0.717, 1.165) is 25.2 Å². The topological polar surface area (TPSA) is 53.4 Å². The maximum atomic E-state index is 10.8. The van der Waals surface area contributed by atoms with Gasteiger partial charge < -0.3 is 5.11 Å². The number of carboxylic acid groups (broad SMARTS) is 1. The molecule has 0 saturated carbocycles. The highest BCUT2D eigenvalue weighted by molar-refractivity contribution is 5.85. The highest BCUT2D eigenvalue weighted by Crippen LogP contribution is 2.04. The Hall–Kier alpha value is -1.42. The maximum Gasteiger partial charge on any atom is 0.354 e. The van der Waals surface area contributed by atoms with Crippen LogP contribution >= 0.6 is 0 Å². The van der Waals surface area contributed by atoms with Crippen LogP contribution < -0.4 is 0 Å². The van der Waals surface area contributed by atoms with Crippen LogP contribution in [0.4, 0.5) is 0 Å². The van der Waals surface area contributed by atoms with E-state index < -0.39 is 5.97 Å². The van der Waals surface area contributed by atoms with Gasteiger partial charge in [-0.15, -0.1) is 0 Å². The van der Waals surface area contributed by atoms with Gasteiger partial charge in [-0.1, -0.05) is 19.9 Å². The number of pyridine rings is 1. The quantitative estimate of drug-likeness (QED) is 0.800. The van der Waals surface area contributed by atoms with E-state index in [9.17, 15) is 4.79 Å². The average molecular weight is 222 g/mol. The van der Waals surface area contributed by atoms with Crippen LogP contribution in [0.25, 0.3) is 0 Å². The molecule has 16 heavy (non-hydrogen) atoms. The van der Waals surface area contributed by atoms with Crippen LogP contribution in [0.1, 0.15) is 36.5 Å². The molecule has 4 nitrogen and oxygen atoms in total. The highest BCUT2D eigenvalue weighted by Gasteiger charge is 2.07. The molecule has 0 aliphatic heterocycles. The van der Waals surface area contributed by atoms with Crippen molar-refractivity contribution in [3.8, 4) is 0 Å². The second-order valence-electron chi connectivity index (χ2n) is 3.69. The summed E-state index contributed by atoms with van der Waals surface area (Å²) in [5, 5.41) is 8.83. The predicted octanol–water partition coefficient (Wildman–Crippen LogP) is 2.01. The Labute approximate surface area is 95.9 Å². The summed E-state index contributed by atoms with van der Waals surface area (Å²) in [6.45, 7) is 6.90. The third-order valence-electron chi connectivity index (χ3n) is 2.40. The second-order valence-corrected chi connectivity index (χ2v) is 3.69. The van der Waals surface area contributed by atoms with Crippen molar-refractivity contribution in [1.29, 1.82) is 0 Å². The lowest BCUT2D eigenvalue weighted by atomic mass is 10.2. The first-order chi connectivity index (χ1) is 7.67. The molecule has 1 N–H and O–H groups in total. The summed E-state index contributed by atoms with van der Waals surface area (Å²) in [5.74, 6) is -0.972. The van der Waals surface area contributed by atoms with Crippen molar-refractivity contribution in [2.45, 2.75) is 26.8 Å².